The third-order valence-electron chi connectivity index (χ3n) is 3.20. The molecule has 0 amide bonds. The van der Waals surface area contributed by atoms with Crippen molar-refractivity contribution in [2.45, 2.75) is 53.9 Å². The molecule has 19 heavy (non-hydrogen) atoms. The first-order valence-corrected chi connectivity index (χ1v) is 6.93. The first-order chi connectivity index (χ1) is 8.86. The number of rotatable bonds is 7. The standard InChI is InChI=1S/C17H28O2/c1-13(2)8-7-9-14(3)10-11-15(4)16(5)12-17(18)19-6/h8,11-12,14H,7,9-10H2,1-6H3/b15-11+,16-12+. The Bertz CT molecular complexity index is 369. The number of hydrogen-bond donors (Lipinski definition) is 0. The summed E-state index contributed by atoms with van der Waals surface area (Å²) in [6, 6.07) is 0. The summed E-state index contributed by atoms with van der Waals surface area (Å²) in [7, 11) is 1.40. The molecule has 0 saturated carbocycles. The molecule has 108 valence electrons. The van der Waals surface area contributed by atoms with Gasteiger partial charge in [-0.2, -0.15) is 0 Å². The zero-order valence-corrected chi connectivity index (χ0v) is 13.2. The predicted molar refractivity (Wildman–Crippen MR) is 82.0 cm³/mol. The van der Waals surface area contributed by atoms with Crippen LogP contribution in [-0.4, -0.2) is 13.1 Å². The number of esters is 1. The molecule has 1 atom stereocenters. The van der Waals surface area contributed by atoms with Crippen LogP contribution in [0.5, 0.6) is 0 Å². The van der Waals surface area contributed by atoms with Gasteiger partial charge in [0.2, 0.25) is 0 Å². The van der Waals surface area contributed by atoms with E-state index in [9.17, 15) is 4.79 Å². The molecule has 0 aromatic rings. The van der Waals surface area contributed by atoms with E-state index >= 15 is 0 Å². The molecular weight excluding hydrogens is 236 g/mol. The molecule has 0 rings (SSSR count). The maximum atomic E-state index is 11.1. The van der Waals surface area contributed by atoms with Gasteiger partial charge in [-0.25, -0.2) is 4.79 Å². The summed E-state index contributed by atoms with van der Waals surface area (Å²) in [5.41, 5.74) is 3.51. The summed E-state index contributed by atoms with van der Waals surface area (Å²) in [6.45, 7) is 10.5. The van der Waals surface area contributed by atoms with Gasteiger partial charge in [-0.1, -0.05) is 30.2 Å². The van der Waals surface area contributed by atoms with Crippen molar-refractivity contribution in [3.8, 4) is 0 Å². The van der Waals surface area contributed by atoms with E-state index in [0.717, 1.165) is 24.0 Å². The lowest BCUT2D eigenvalue weighted by Gasteiger charge is -2.08. The van der Waals surface area contributed by atoms with Crippen LogP contribution in [0.25, 0.3) is 0 Å². The van der Waals surface area contributed by atoms with Crippen molar-refractivity contribution >= 4 is 5.97 Å². The lowest BCUT2D eigenvalue weighted by Crippen LogP contribution is -1.97. The average Bonchev–Trinajstić information content (AvgIpc) is 2.35. The first-order valence-electron chi connectivity index (χ1n) is 6.93. The summed E-state index contributed by atoms with van der Waals surface area (Å²) in [6.07, 6.45) is 9.44. The van der Waals surface area contributed by atoms with Gasteiger partial charge < -0.3 is 4.74 Å². The van der Waals surface area contributed by atoms with Gasteiger partial charge in [0, 0.05) is 6.08 Å². The number of hydrogen-bond acceptors (Lipinski definition) is 2. The van der Waals surface area contributed by atoms with Crippen LogP contribution in [0.4, 0.5) is 0 Å². The lowest BCUT2D eigenvalue weighted by molar-refractivity contribution is -0.134. The molecule has 0 spiro atoms. The van der Waals surface area contributed by atoms with Crippen molar-refractivity contribution in [3.05, 3.63) is 34.9 Å². The largest absolute Gasteiger partial charge is 0.466 e. The third-order valence-corrected chi connectivity index (χ3v) is 3.20. The molecule has 2 heteroatoms. The van der Waals surface area contributed by atoms with Gasteiger partial charge in [0.25, 0.3) is 0 Å². The Morgan fingerprint density at radius 3 is 2.26 bits per heavy atom. The molecule has 0 saturated heterocycles. The second-order valence-corrected chi connectivity index (χ2v) is 5.44. The summed E-state index contributed by atoms with van der Waals surface area (Å²) >= 11 is 0. The van der Waals surface area contributed by atoms with Crippen molar-refractivity contribution in [3.63, 3.8) is 0 Å². The fraction of sp³-hybridized carbons (Fsp3) is 0.588. The zero-order chi connectivity index (χ0) is 14.8. The minimum Gasteiger partial charge on any atom is -0.466 e. The Hall–Kier alpha value is -1.31. The Balaban J connectivity index is 4.27. The van der Waals surface area contributed by atoms with Gasteiger partial charge in [-0.15, -0.1) is 0 Å². The molecule has 0 aromatic heterocycles. The maximum absolute atomic E-state index is 11.1. The van der Waals surface area contributed by atoms with Crippen LogP contribution in [0, 0.1) is 5.92 Å². The average molecular weight is 264 g/mol. The Labute approximate surface area is 118 Å². The van der Waals surface area contributed by atoms with Crippen molar-refractivity contribution in [1.82, 2.24) is 0 Å². The fourth-order valence-electron chi connectivity index (χ4n) is 1.66. The summed E-state index contributed by atoms with van der Waals surface area (Å²) in [5, 5.41) is 0. The number of methoxy groups -OCH3 is 1. The number of allylic oxidation sites excluding steroid dienone is 5. The van der Waals surface area contributed by atoms with Crippen LogP contribution in [-0.2, 0) is 9.53 Å². The third kappa shape index (κ3) is 9.29. The van der Waals surface area contributed by atoms with E-state index in [1.807, 2.05) is 13.8 Å². The SMILES string of the molecule is COC(=O)/C=C(C)/C(C)=C/CC(C)CCC=C(C)C. The lowest BCUT2D eigenvalue weighted by atomic mass is 9.98. The number of carbonyl (C=O) groups is 1. The molecule has 0 radical (unpaired) electrons. The van der Waals surface area contributed by atoms with Crippen LogP contribution in [0.3, 0.4) is 0 Å². The smallest absolute Gasteiger partial charge is 0.330 e. The Morgan fingerprint density at radius 1 is 1.11 bits per heavy atom. The second kappa shape index (κ2) is 9.60. The highest BCUT2D eigenvalue weighted by Gasteiger charge is 2.02. The molecule has 0 aliphatic heterocycles. The van der Waals surface area contributed by atoms with Gasteiger partial charge in [0.15, 0.2) is 0 Å². The molecule has 0 bridgehead atoms. The topological polar surface area (TPSA) is 26.3 Å². The van der Waals surface area contributed by atoms with Gasteiger partial charge in [-0.05, 0) is 58.4 Å². The number of carbonyl (C=O) groups excluding carboxylic acids is 1. The zero-order valence-electron chi connectivity index (χ0n) is 13.2. The van der Waals surface area contributed by atoms with E-state index in [1.165, 1.54) is 19.1 Å². The van der Waals surface area contributed by atoms with Crippen molar-refractivity contribution in [2.24, 2.45) is 5.92 Å². The molecule has 0 aliphatic rings. The summed E-state index contributed by atoms with van der Waals surface area (Å²) in [5.74, 6) is 0.373. The highest BCUT2D eigenvalue weighted by molar-refractivity contribution is 5.83. The van der Waals surface area contributed by atoms with E-state index in [-0.39, 0.29) is 5.97 Å². The van der Waals surface area contributed by atoms with E-state index in [4.69, 9.17) is 0 Å². The van der Waals surface area contributed by atoms with E-state index in [2.05, 4.69) is 37.7 Å². The highest BCUT2D eigenvalue weighted by atomic mass is 16.5. The van der Waals surface area contributed by atoms with Crippen molar-refractivity contribution < 1.29 is 9.53 Å². The minimum absolute atomic E-state index is 0.290. The maximum Gasteiger partial charge on any atom is 0.330 e. The van der Waals surface area contributed by atoms with Crippen LogP contribution >= 0.6 is 0 Å². The molecular formula is C17H28O2. The van der Waals surface area contributed by atoms with Crippen molar-refractivity contribution in [1.29, 1.82) is 0 Å². The first kappa shape index (κ1) is 17.7. The minimum atomic E-state index is -0.290. The van der Waals surface area contributed by atoms with E-state index in [1.54, 1.807) is 6.08 Å². The van der Waals surface area contributed by atoms with Gasteiger partial charge in [-0.3, -0.25) is 0 Å². The molecule has 1 unspecified atom stereocenters. The molecule has 0 N–H and O–H groups in total. The van der Waals surface area contributed by atoms with E-state index < -0.39 is 0 Å². The highest BCUT2D eigenvalue weighted by Crippen LogP contribution is 2.16. The van der Waals surface area contributed by atoms with Gasteiger partial charge in [0.1, 0.15) is 0 Å². The second-order valence-electron chi connectivity index (χ2n) is 5.44. The number of ether oxygens (including phenoxy) is 1. The van der Waals surface area contributed by atoms with E-state index in [0.29, 0.717) is 5.92 Å². The van der Waals surface area contributed by atoms with Gasteiger partial charge in [0.05, 0.1) is 7.11 Å². The fourth-order valence-corrected chi connectivity index (χ4v) is 1.66. The quantitative estimate of drug-likeness (QED) is 0.285. The summed E-state index contributed by atoms with van der Waals surface area (Å²) < 4.78 is 4.62. The van der Waals surface area contributed by atoms with Crippen LogP contribution in [0.2, 0.25) is 0 Å². The molecule has 0 aliphatic carbocycles. The summed E-state index contributed by atoms with van der Waals surface area (Å²) in [4.78, 5) is 11.1. The Kier molecular flexibility index (Phi) is 8.94. The van der Waals surface area contributed by atoms with Crippen LogP contribution in [0.1, 0.15) is 53.9 Å². The predicted octanol–water partition coefficient (Wildman–Crippen LogP) is 4.82. The normalized spacial score (nSPS) is 14.0. The van der Waals surface area contributed by atoms with Crippen LogP contribution < -0.4 is 0 Å². The molecule has 0 fully saturated rings. The molecule has 0 heterocycles. The molecule has 0 aromatic carbocycles. The van der Waals surface area contributed by atoms with Crippen molar-refractivity contribution in [2.75, 3.05) is 7.11 Å². The Morgan fingerprint density at radius 2 is 1.74 bits per heavy atom. The molecule has 2 nitrogen and oxygen atoms in total. The van der Waals surface area contributed by atoms with Crippen LogP contribution in [0.15, 0.2) is 34.9 Å². The van der Waals surface area contributed by atoms with Gasteiger partial charge >= 0.3 is 5.97 Å². The monoisotopic (exact) mass is 264 g/mol.